The molecule has 1 aromatic rings. The molecule has 1 atom stereocenters. The average molecular weight is 299 g/mol. The maximum atomic E-state index is 12.1. The van der Waals surface area contributed by atoms with Crippen molar-refractivity contribution in [3.8, 4) is 5.75 Å². The number of rotatable bonds is 4. The quantitative estimate of drug-likeness (QED) is 0.892. The van der Waals surface area contributed by atoms with E-state index in [9.17, 15) is 13.6 Å². The fraction of sp³-hybridized carbons (Fsp3) is 0.500. The molecule has 1 aliphatic rings. The normalized spacial score (nSPS) is 18.5. The van der Waals surface area contributed by atoms with Crippen LogP contribution in [-0.2, 0) is 0 Å². The summed E-state index contributed by atoms with van der Waals surface area (Å²) in [5.41, 5.74) is 0. The highest BCUT2D eigenvalue weighted by Crippen LogP contribution is 2.26. The Morgan fingerprint density at radius 1 is 1.61 bits per heavy atom. The third-order valence-corrected chi connectivity index (χ3v) is 3.34. The predicted molar refractivity (Wildman–Crippen MR) is 66.9 cm³/mol. The molecule has 0 spiro atoms. The van der Waals surface area contributed by atoms with Gasteiger partial charge in [-0.25, -0.2) is 0 Å². The molecular formula is C10H13ClF2N2O2S. The van der Waals surface area contributed by atoms with Gasteiger partial charge in [0.15, 0.2) is 0 Å². The molecule has 1 saturated heterocycles. The molecule has 8 heteroatoms. The molecule has 18 heavy (non-hydrogen) atoms. The third kappa shape index (κ3) is 3.79. The first kappa shape index (κ1) is 15.1. The highest BCUT2D eigenvalue weighted by atomic mass is 35.5. The second-order valence-corrected chi connectivity index (χ2v) is 4.57. The van der Waals surface area contributed by atoms with Crippen molar-refractivity contribution in [1.82, 2.24) is 10.6 Å². The van der Waals surface area contributed by atoms with Crippen LogP contribution in [0.4, 0.5) is 8.78 Å². The molecule has 1 aliphatic heterocycles. The fourth-order valence-corrected chi connectivity index (χ4v) is 2.41. The molecule has 1 aromatic heterocycles. The summed E-state index contributed by atoms with van der Waals surface area (Å²) in [5.74, 6) is -0.419. The number of halogens is 3. The molecule has 1 fully saturated rings. The molecular weight excluding hydrogens is 286 g/mol. The zero-order valence-corrected chi connectivity index (χ0v) is 11.0. The minimum absolute atomic E-state index is 0. The van der Waals surface area contributed by atoms with E-state index in [4.69, 9.17) is 0 Å². The Balaban J connectivity index is 0.00000162. The van der Waals surface area contributed by atoms with E-state index < -0.39 is 6.61 Å². The third-order valence-electron chi connectivity index (χ3n) is 2.45. The van der Waals surface area contributed by atoms with E-state index in [0.717, 1.165) is 24.3 Å². The molecule has 4 nitrogen and oxygen atoms in total. The molecule has 0 bridgehead atoms. The maximum Gasteiger partial charge on any atom is 0.387 e. The van der Waals surface area contributed by atoms with Gasteiger partial charge in [-0.05, 0) is 24.4 Å². The van der Waals surface area contributed by atoms with Crippen molar-refractivity contribution in [2.45, 2.75) is 19.1 Å². The lowest BCUT2D eigenvalue weighted by molar-refractivity contribution is -0.0498. The summed E-state index contributed by atoms with van der Waals surface area (Å²) >= 11 is 1.09. The van der Waals surface area contributed by atoms with Gasteiger partial charge >= 0.3 is 6.61 Å². The summed E-state index contributed by atoms with van der Waals surface area (Å²) in [6.45, 7) is -1.35. The number of amides is 1. The summed E-state index contributed by atoms with van der Waals surface area (Å²) < 4.78 is 28.4. The standard InChI is InChI=1S/C10H12F2N2O2S.ClH/c11-10(12)16-7-2-4-17-8(7)9(15)14-6-1-3-13-5-6;/h2,4,6,10,13H,1,3,5H2,(H,14,15);1H. The van der Waals surface area contributed by atoms with Crippen LogP contribution >= 0.6 is 23.7 Å². The molecule has 102 valence electrons. The van der Waals surface area contributed by atoms with Crippen LogP contribution in [0.25, 0.3) is 0 Å². The van der Waals surface area contributed by atoms with Crippen LogP contribution in [0.2, 0.25) is 0 Å². The number of ether oxygens (including phenoxy) is 1. The lowest BCUT2D eigenvalue weighted by atomic mass is 10.2. The van der Waals surface area contributed by atoms with Gasteiger partial charge in [0.2, 0.25) is 0 Å². The lowest BCUT2D eigenvalue weighted by Crippen LogP contribution is -2.36. The van der Waals surface area contributed by atoms with Crippen molar-refractivity contribution < 1.29 is 18.3 Å². The number of thiophene rings is 1. The zero-order chi connectivity index (χ0) is 12.3. The largest absolute Gasteiger partial charge is 0.433 e. The Kier molecular flexibility index (Phi) is 5.77. The smallest absolute Gasteiger partial charge is 0.387 e. The van der Waals surface area contributed by atoms with Crippen molar-refractivity contribution >= 4 is 29.7 Å². The minimum atomic E-state index is -2.91. The first-order valence-electron chi connectivity index (χ1n) is 5.20. The van der Waals surface area contributed by atoms with Crippen LogP contribution in [0.3, 0.4) is 0 Å². The fourth-order valence-electron chi connectivity index (χ4n) is 1.68. The number of hydrogen-bond donors (Lipinski definition) is 2. The molecule has 0 aliphatic carbocycles. The summed E-state index contributed by atoms with van der Waals surface area (Å²) in [5, 5.41) is 7.44. The number of carbonyl (C=O) groups is 1. The minimum Gasteiger partial charge on any atom is -0.433 e. The molecule has 1 unspecified atom stereocenters. The van der Waals surface area contributed by atoms with E-state index in [0.29, 0.717) is 6.54 Å². The molecule has 0 saturated carbocycles. The van der Waals surface area contributed by atoms with Gasteiger partial charge in [-0.2, -0.15) is 8.78 Å². The van der Waals surface area contributed by atoms with Gasteiger partial charge in [0.25, 0.3) is 5.91 Å². The Morgan fingerprint density at radius 3 is 3.00 bits per heavy atom. The van der Waals surface area contributed by atoms with Crippen LogP contribution in [0.5, 0.6) is 5.75 Å². The number of nitrogens with one attached hydrogen (secondary N) is 2. The van der Waals surface area contributed by atoms with Crippen molar-refractivity contribution in [1.29, 1.82) is 0 Å². The number of hydrogen-bond acceptors (Lipinski definition) is 4. The van der Waals surface area contributed by atoms with E-state index in [-0.39, 0.29) is 35.0 Å². The lowest BCUT2D eigenvalue weighted by Gasteiger charge is -2.11. The Morgan fingerprint density at radius 2 is 2.39 bits per heavy atom. The van der Waals surface area contributed by atoms with E-state index in [1.54, 1.807) is 5.38 Å². The molecule has 2 N–H and O–H groups in total. The van der Waals surface area contributed by atoms with Crippen molar-refractivity contribution in [2.75, 3.05) is 13.1 Å². The van der Waals surface area contributed by atoms with Crippen LogP contribution in [-0.4, -0.2) is 31.7 Å². The summed E-state index contributed by atoms with van der Waals surface area (Å²) in [6, 6.07) is 1.43. The van der Waals surface area contributed by atoms with Gasteiger partial charge < -0.3 is 15.4 Å². The van der Waals surface area contributed by atoms with Gasteiger partial charge in [0.1, 0.15) is 10.6 Å². The van der Waals surface area contributed by atoms with Gasteiger partial charge in [-0.3, -0.25) is 4.79 Å². The van der Waals surface area contributed by atoms with Crippen LogP contribution in [0.1, 0.15) is 16.1 Å². The second-order valence-electron chi connectivity index (χ2n) is 3.66. The van der Waals surface area contributed by atoms with Crippen LogP contribution in [0.15, 0.2) is 11.4 Å². The van der Waals surface area contributed by atoms with Gasteiger partial charge in [-0.1, -0.05) is 0 Å². The SMILES string of the molecule is Cl.O=C(NC1CCNC1)c1sccc1OC(F)F. The first-order valence-corrected chi connectivity index (χ1v) is 6.08. The Labute approximate surface area is 113 Å². The van der Waals surface area contributed by atoms with Crippen LogP contribution in [0, 0.1) is 0 Å². The topological polar surface area (TPSA) is 50.4 Å². The first-order chi connectivity index (χ1) is 8.16. The van der Waals surface area contributed by atoms with Crippen molar-refractivity contribution in [3.05, 3.63) is 16.3 Å². The van der Waals surface area contributed by atoms with E-state index in [1.807, 2.05) is 0 Å². The Bertz CT molecular complexity index is 397. The number of carbonyl (C=O) groups excluding carboxylic acids is 1. The monoisotopic (exact) mass is 298 g/mol. The average Bonchev–Trinajstić information content (AvgIpc) is 2.87. The predicted octanol–water partition coefficient (Wildman–Crippen LogP) is 1.86. The van der Waals surface area contributed by atoms with E-state index in [2.05, 4.69) is 15.4 Å². The summed E-state index contributed by atoms with van der Waals surface area (Å²) in [6.07, 6.45) is 0.849. The number of alkyl halides is 2. The van der Waals surface area contributed by atoms with Gasteiger partial charge in [0, 0.05) is 12.6 Å². The van der Waals surface area contributed by atoms with Gasteiger partial charge in [0.05, 0.1) is 0 Å². The van der Waals surface area contributed by atoms with Crippen LogP contribution < -0.4 is 15.4 Å². The molecule has 1 amide bonds. The zero-order valence-electron chi connectivity index (χ0n) is 9.32. The van der Waals surface area contributed by atoms with Crippen molar-refractivity contribution in [3.63, 3.8) is 0 Å². The summed E-state index contributed by atoms with van der Waals surface area (Å²) in [4.78, 5) is 12.0. The summed E-state index contributed by atoms with van der Waals surface area (Å²) in [7, 11) is 0. The van der Waals surface area contributed by atoms with E-state index >= 15 is 0 Å². The molecule has 2 heterocycles. The van der Waals surface area contributed by atoms with E-state index in [1.165, 1.54) is 6.07 Å². The molecule has 0 aromatic carbocycles. The van der Waals surface area contributed by atoms with Crippen molar-refractivity contribution in [2.24, 2.45) is 0 Å². The second kappa shape index (κ2) is 6.86. The Hall–Kier alpha value is -0.920. The molecule has 0 radical (unpaired) electrons. The maximum absolute atomic E-state index is 12.1. The highest BCUT2D eigenvalue weighted by Gasteiger charge is 2.22. The van der Waals surface area contributed by atoms with Gasteiger partial charge in [-0.15, -0.1) is 23.7 Å². The molecule has 2 rings (SSSR count). The highest BCUT2D eigenvalue weighted by molar-refractivity contribution is 7.12.